The summed E-state index contributed by atoms with van der Waals surface area (Å²) in [5.74, 6) is -1.41. The monoisotopic (exact) mass is 224 g/mol. The summed E-state index contributed by atoms with van der Waals surface area (Å²) in [7, 11) is 0. The lowest BCUT2D eigenvalue weighted by molar-refractivity contribution is -0.138. The van der Waals surface area contributed by atoms with Crippen LogP contribution in [0.5, 0.6) is 11.5 Å². The molecule has 1 aromatic carbocycles. The largest absolute Gasteiger partial charge is 0.508 e. The third kappa shape index (κ3) is 2.66. The number of hydrogen-bond donors (Lipinski definition) is 2. The number of ether oxygens (including phenoxy) is 1. The highest BCUT2D eigenvalue weighted by molar-refractivity contribution is 5.78. The lowest BCUT2D eigenvalue weighted by Crippen LogP contribution is -2.12. The molecule has 0 heterocycles. The minimum atomic E-state index is -0.991. The van der Waals surface area contributed by atoms with E-state index < -0.39 is 11.9 Å². The topological polar surface area (TPSA) is 66.8 Å². The molecule has 1 unspecified atom stereocenters. The van der Waals surface area contributed by atoms with E-state index in [4.69, 9.17) is 9.84 Å². The molecule has 4 nitrogen and oxygen atoms in total. The van der Waals surface area contributed by atoms with E-state index in [1.54, 1.807) is 12.1 Å². The summed E-state index contributed by atoms with van der Waals surface area (Å²) >= 11 is 0. The lowest BCUT2D eigenvalue weighted by atomic mass is 9.99. The van der Waals surface area contributed by atoms with Crippen LogP contribution in [0.1, 0.15) is 32.3 Å². The van der Waals surface area contributed by atoms with Crippen molar-refractivity contribution in [2.45, 2.75) is 32.8 Å². The predicted octanol–water partition coefficient (Wildman–Crippen LogP) is 2.37. The summed E-state index contributed by atoms with van der Waals surface area (Å²) in [5, 5.41) is 18.6. The standard InChI is InChI=1S/C12H16O4/c1-7(2)16-10-6-4-5-9(13)11(10)8(3)12(14)15/h4-8,13H,1-3H3,(H,14,15). The molecule has 88 valence electrons. The maximum Gasteiger partial charge on any atom is 0.310 e. The molecule has 0 saturated carbocycles. The minimum Gasteiger partial charge on any atom is -0.508 e. The maximum atomic E-state index is 10.9. The third-order valence-corrected chi connectivity index (χ3v) is 2.21. The van der Waals surface area contributed by atoms with Crippen LogP contribution in [0.4, 0.5) is 0 Å². The number of aliphatic carboxylic acids is 1. The first kappa shape index (κ1) is 12.4. The van der Waals surface area contributed by atoms with Gasteiger partial charge in [-0.05, 0) is 32.9 Å². The molecule has 0 fully saturated rings. The van der Waals surface area contributed by atoms with Gasteiger partial charge in [0.15, 0.2) is 0 Å². The quantitative estimate of drug-likeness (QED) is 0.823. The predicted molar refractivity (Wildman–Crippen MR) is 59.9 cm³/mol. The Bertz CT molecular complexity index is 385. The van der Waals surface area contributed by atoms with Crippen LogP contribution in [0.2, 0.25) is 0 Å². The molecule has 1 atom stereocenters. The molecule has 16 heavy (non-hydrogen) atoms. The van der Waals surface area contributed by atoms with Gasteiger partial charge in [-0.3, -0.25) is 4.79 Å². The van der Waals surface area contributed by atoms with Crippen molar-refractivity contribution in [1.82, 2.24) is 0 Å². The first-order chi connectivity index (χ1) is 7.43. The normalized spacial score (nSPS) is 12.5. The maximum absolute atomic E-state index is 10.9. The molecule has 0 amide bonds. The first-order valence-electron chi connectivity index (χ1n) is 5.14. The third-order valence-electron chi connectivity index (χ3n) is 2.21. The molecule has 1 rings (SSSR count). The van der Waals surface area contributed by atoms with Gasteiger partial charge in [-0.25, -0.2) is 0 Å². The smallest absolute Gasteiger partial charge is 0.310 e. The number of aromatic hydroxyl groups is 1. The van der Waals surface area contributed by atoms with Gasteiger partial charge in [-0.15, -0.1) is 0 Å². The highest BCUT2D eigenvalue weighted by Crippen LogP contribution is 2.35. The van der Waals surface area contributed by atoms with Crippen molar-refractivity contribution in [3.8, 4) is 11.5 Å². The fraction of sp³-hybridized carbons (Fsp3) is 0.417. The van der Waals surface area contributed by atoms with Crippen LogP contribution in [-0.2, 0) is 4.79 Å². The van der Waals surface area contributed by atoms with Crippen molar-refractivity contribution in [2.75, 3.05) is 0 Å². The van der Waals surface area contributed by atoms with Gasteiger partial charge in [-0.1, -0.05) is 6.07 Å². The van der Waals surface area contributed by atoms with E-state index in [1.807, 2.05) is 13.8 Å². The van der Waals surface area contributed by atoms with Crippen LogP contribution < -0.4 is 4.74 Å². The zero-order valence-corrected chi connectivity index (χ0v) is 9.60. The summed E-state index contributed by atoms with van der Waals surface area (Å²) in [4.78, 5) is 10.9. The van der Waals surface area contributed by atoms with Gasteiger partial charge in [-0.2, -0.15) is 0 Å². The summed E-state index contributed by atoms with van der Waals surface area (Å²) in [5.41, 5.74) is 0.323. The van der Waals surface area contributed by atoms with Crippen LogP contribution >= 0.6 is 0 Å². The fourth-order valence-electron chi connectivity index (χ4n) is 1.45. The number of carboxylic acid groups (broad SMARTS) is 1. The number of phenols is 1. The highest BCUT2D eigenvalue weighted by atomic mass is 16.5. The number of benzene rings is 1. The summed E-state index contributed by atoms with van der Waals surface area (Å²) in [6, 6.07) is 4.75. The second kappa shape index (κ2) is 4.88. The van der Waals surface area contributed by atoms with Gasteiger partial charge in [0.2, 0.25) is 0 Å². The van der Waals surface area contributed by atoms with Gasteiger partial charge in [0.05, 0.1) is 12.0 Å². The van der Waals surface area contributed by atoms with Crippen molar-refractivity contribution >= 4 is 5.97 Å². The van der Waals surface area contributed by atoms with Crippen LogP contribution in [0.3, 0.4) is 0 Å². The first-order valence-corrected chi connectivity index (χ1v) is 5.14. The van der Waals surface area contributed by atoms with E-state index in [0.717, 1.165) is 0 Å². The average Bonchev–Trinajstić information content (AvgIpc) is 2.16. The van der Waals surface area contributed by atoms with Crippen molar-refractivity contribution in [1.29, 1.82) is 0 Å². The molecule has 0 bridgehead atoms. The number of carboxylic acids is 1. The number of phenolic OH excluding ortho intramolecular Hbond substituents is 1. The van der Waals surface area contributed by atoms with Gasteiger partial charge in [0, 0.05) is 5.56 Å². The Hall–Kier alpha value is -1.71. The van der Waals surface area contributed by atoms with Crippen LogP contribution in [0, 0.1) is 0 Å². The van der Waals surface area contributed by atoms with Crippen LogP contribution in [0.25, 0.3) is 0 Å². The van der Waals surface area contributed by atoms with E-state index in [1.165, 1.54) is 13.0 Å². The van der Waals surface area contributed by atoms with Gasteiger partial charge in [0.25, 0.3) is 0 Å². The molecule has 2 N–H and O–H groups in total. The molecular formula is C12H16O4. The molecular weight excluding hydrogens is 208 g/mol. The Labute approximate surface area is 94.5 Å². The van der Waals surface area contributed by atoms with E-state index in [9.17, 15) is 9.90 Å². The fourth-order valence-corrected chi connectivity index (χ4v) is 1.45. The average molecular weight is 224 g/mol. The second-order valence-corrected chi connectivity index (χ2v) is 3.92. The zero-order chi connectivity index (χ0) is 12.3. The van der Waals surface area contributed by atoms with E-state index in [0.29, 0.717) is 11.3 Å². The summed E-state index contributed by atoms with van der Waals surface area (Å²) < 4.78 is 5.47. The second-order valence-electron chi connectivity index (χ2n) is 3.92. The molecule has 0 saturated heterocycles. The molecule has 4 heteroatoms. The number of rotatable bonds is 4. The highest BCUT2D eigenvalue weighted by Gasteiger charge is 2.22. The van der Waals surface area contributed by atoms with Crippen molar-refractivity contribution in [3.05, 3.63) is 23.8 Å². The molecule has 1 aromatic rings. The summed E-state index contributed by atoms with van der Waals surface area (Å²) in [6.45, 7) is 5.21. The van der Waals surface area contributed by atoms with Crippen LogP contribution in [-0.4, -0.2) is 22.3 Å². The zero-order valence-electron chi connectivity index (χ0n) is 9.60. The van der Waals surface area contributed by atoms with Crippen molar-refractivity contribution in [3.63, 3.8) is 0 Å². The minimum absolute atomic E-state index is 0.0481. The van der Waals surface area contributed by atoms with Gasteiger partial charge in [0.1, 0.15) is 11.5 Å². The SMILES string of the molecule is CC(C)Oc1cccc(O)c1C(C)C(=O)O. The van der Waals surface area contributed by atoms with E-state index in [-0.39, 0.29) is 11.9 Å². The Morgan fingerprint density at radius 3 is 2.44 bits per heavy atom. The molecule has 0 radical (unpaired) electrons. The Morgan fingerprint density at radius 2 is 1.94 bits per heavy atom. The lowest BCUT2D eigenvalue weighted by Gasteiger charge is -2.17. The van der Waals surface area contributed by atoms with Crippen LogP contribution in [0.15, 0.2) is 18.2 Å². The Balaban J connectivity index is 3.17. The molecule has 0 aliphatic heterocycles. The van der Waals surface area contributed by atoms with Gasteiger partial charge < -0.3 is 14.9 Å². The molecule has 0 aliphatic rings. The molecule has 0 spiro atoms. The van der Waals surface area contributed by atoms with Crippen molar-refractivity contribution < 1.29 is 19.7 Å². The number of carbonyl (C=O) groups is 1. The number of hydrogen-bond acceptors (Lipinski definition) is 3. The van der Waals surface area contributed by atoms with Crippen molar-refractivity contribution in [2.24, 2.45) is 0 Å². The van der Waals surface area contributed by atoms with Gasteiger partial charge >= 0.3 is 5.97 Å². The Morgan fingerprint density at radius 1 is 1.31 bits per heavy atom. The van der Waals surface area contributed by atoms with E-state index >= 15 is 0 Å². The Kier molecular flexibility index (Phi) is 3.77. The summed E-state index contributed by atoms with van der Waals surface area (Å²) in [6.07, 6.45) is -0.0680. The molecule has 0 aliphatic carbocycles. The molecule has 0 aromatic heterocycles. The van der Waals surface area contributed by atoms with E-state index in [2.05, 4.69) is 0 Å².